The minimum Gasteiger partial charge on any atom is -0.381 e. The second-order valence-electron chi connectivity index (χ2n) is 4.72. The average molecular weight is 258 g/mol. The van der Waals surface area contributed by atoms with E-state index in [1.165, 1.54) is 0 Å². The summed E-state index contributed by atoms with van der Waals surface area (Å²) < 4.78 is 5.27. The van der Waals surface area contributed by atoms with Crippen molar-refractivity contribution in [1.29, 1.82) is 5.26 Å². The molecule has 4 nitrogen and oxygen atoms in total. The zero-order chi connectivity index (χ0) is 13.5. The Morgan fingerprint density at radius 3 is 2.63 bits per heavy atom. The van der Waals surface area contributed by atoms with Gasteiger partial charge >= 0.3 is 0 Å². The molecule has 0 spiro atoms. The minimum absolute atomic E-state index is 0.00538. The molecule has 0 unspecified atom stereocenters. The number of rotatable bonds is 4. The molecule has 0 N–H and O–H groups in total. The second kappa shape index (κ2) is 6.91. The first-order valence-corrected chi connectivity index (χ1v) is 6.58. The zero-order valence-corrected chi connectivity index (χ0v) is 10.9. The van der Waals surface area contributed by atoms with Crippen molar-refractivity contribution >= 4 is 5.91 Å². The maximum absolute atomic E-state index is 12.4. The second-order valence-corrected chi connectivity index (χ2v) is 4.72. The summed E-state index contributed by atoms with van der Waals surface area (Å²) in [6.07, 6.45) is 1.52. The van der Waals surface area contributed by atoms with Gasteiger partial charge in [-0.15, -0.1) is 0 Å². The van der Waals surface area contributed by atoms with Crippen molar-refractivity contribution in [2.75, 3.05) is 19.8 Å². The normalized spacial score (nSPS) is 15.7. The topological polar surface area (TPSA) is 53.3 Å². The molecule has 0 saturated carbocycles. The van der Waals surface area contributed by atoms with Gasteiger partial charge in [0.15, 0.2) is 0 Å². The van der Waals surface area contributed by atoms with Crippen LogP contribution < -0.4 is 0 Å². The number of carbonyl (C=O) groups is 1. The fraction of sp³-hybridized carbons (Fsp3) is 0.467. The highest BCUT2D eigenvalue weighted by atomic mass is 16.5. The summed E-state index contributed by atoms with van der Waals surface area (Å²) in [5.74, 6) is 0.0829. The molecule has 0 radical (unpaired) electrons. The van der Waals surface area contributed by atoms with E-state index < -0.39 is 0 Å². The molecule has 1 fully saturated rings. The number of benzene rings is 1. The van der Waals surface area contributed by atoms with E-state index in [2.05, 4.69) is 6.07 Å². The van der Waals surface area contributed by atoms with Gasteiger partial charge in [-0.1, -0.05) is 30.3 Å². The van der Waals surface area contributed by atoms with Gasteiger partial charge in [0, 0.05) is 25.7 Å². The van der Waals surface area contributed by atoms with E-state index in [-0.39, 0.29) is 18.4 Å². The molecule has 1 saturated heterocycles. The Bertz CT molecular complexity index is 447. The van der Waals surface area contributed by atoms with Crippen LogP contribution in [0.2, 0.25) is 0 Å². The average Bonchev–Trinajstić information content (AvgIpc) is 2.48. The van der Waals surface area contributed by atoms with Crippen molar-refractivity contribution in [3.8, 4) is 6.07 Å². The Balaban J connectivity index is 2.02. The molecule has 4 heteroatoms. The van der Waals surface area contributed by atoms with Crippen molar-refractivity contribution in [2.45, 2.75) is 19.4 Å². The largest absolute Gasteiger partial charge is 0.381 e. The smallest absolute Gasteiger partial charge is 0.227 e. The fourth-order valence-corrected chi connectivity index (χ4v) is 2.30. The number of amides is 1. The van der Waals surface area contributed by atoms with E-state index in [4.69, 9.17) is 10.00 Å². The molecule has 100 valence electrons. The molecule has 2 rings (SSSR count). The highest BCUT2D eigenvalue weighted by Crippen LogP contribution is 2.18. The van der Waals surface area contributed by atoms with E-state index in [0.29, 0.717) is 19.8 Å². The van der Waals surface area contributed by atoms with Crippen LogP contribution >= 0.6 is 0 Å². The van der Waals surface area contributed by atoms with Crippen molar-refractivity contribution < 1.29 is 9.53 Å². The molecule has 0 bridgehead atoms. The van der Waals surface area contributed by atoms with E-state index in [9.17, 15) is 4.79 Å². The van der Waals surface area contributed by atoms with Crippen LogP contribution in [0.4, 0.5) is 0 Å². The summed E-state index contributed by atoms with van der Waals surface area (Å²) >= 11 is 0. The number of nitrogens with zero attached hydrogens (tertiary/aromatic N) is 2. The highest BCUT2D eigenvalue weighted by molar-refractivity contribution is 5.79. The lowest BCUT2D eigenvalue weighted by atomic mass is 9.98. The third-order valence-corrected chi connectivity index (χ3v) is 3.36. The molecule has 1 amide bonds. The number of ether oxygens (including phenoxy) is 1. The monoisotopic (exact) mass is 258 g/mol. The molecule has 1 aromatic rings. The fourth-order valence-electron chi connectivity index (χ4n) is 2.30. The third-order valence-electron chi connectivity index (χ3n) is 3.36. The number of hydrogen-bond acceptors (Lipinski definition) is 3. The highest BCUT2D eigenvalue weighted by Gasteiger charge is 2.26. The van der Waals surface area contributed by atoms with E-state index in [0.717, 1.165) is 18.4 Å². The quantitative estimate of drug-likeness (QED) is 0.776. The van der Waals surface area contributed by atoms with Crippen molar-refractivity contribution in [2.24, 2.45) is 5.92 Å². The molecule has 1 aliphatic heterocycles. The van der Waals surface area contributed by atoms with Crippen molar-refractivity contribution in [3.05, 3.63) is 35.9 Å². The minimum atomic E-state index is 0.00538. The van der Waals surface area contributed by atoms with E-state index >= 15 is 0 Å². The molecule has 0 aromatic heterocycles. The van der Waals surface area contributed by atoms with Gasteiger partial charge in [0.25, 0.3) is 0 Å². The summed E-state index contributed by atoms with van der Waals surface area (Å²) in [4.78, 5) is 14.1. The molecular formula is C15H18N2O2. The van der Waals surface area contributed by atoms with Crippen LogP contribution in [0.25, 0.3) is 0 Å². The van der Waals surface area contributed by atoms with Crippen molar-refractivity contribution in [1.82, 2.24) is 4.90 Å². The molecule has 1 aromatic carbocycles. The first-order chi connectivity index (χ1) is 9.31. The maximum Gasteiger partial charge on any atom is 0.227 e. The van der Waals surface area contributed by atoms with Crippen LogP contribution in [0.3, 0.4) is 0 Å². The first kappa shape index (κ1) is 13.6. The Hall–Kier alpha value is -1.86. The summed E-state index contributed by atoms with van der Waals surface area (Å²) in [6.45, 7) is 1.93. The van der Waals surface area contributed by atoms with Gasteiger partial charge in [0.1, 0.15) is 6.54 Å². The molecular weight excluding hydrogens is 240 g/mol. The van der Waals surface area contributed by atoms with Crippen LogP contribution in [0.5, 0.6) is 0 Å². The lowest BCUT2D eigenvalue weighted by molar-refractivity contribution is -0.138. The van der Waals surface area contributed by atoms with Gasteiger partial charge < -0.3 is 9.64 Å². The molecule has 1 heterocycles. The predicted molar refractivity (Wildman–Crippen MR) is 71.0 cm³/mol. The lowest BCUT2D eigenvalue weighted by Crippen LogP contribution is -2.38. The van der Waals surface area contributed by atoms with Crippen LogP contribution in [0.1, 0.15) is 18.4 Å². The molecule has 1 aliphatic rings. The van der Waals surface area contributed by atoms with Gasteiger partial charge in [0.2, 0.25) is 5.91 Å². The number of hydrogen-bond donors (Lipinski definition) is 0. The van der Waals surface area contributed by atoms with Crippen LogP contribution in [0.15, 0.2) is 30.3 Å². The van der Waals surface area contributed by atoms with E-state index in [1.807, 2.05) is 30.3 Å². The summed E-state index contributed by atoms with van der Waals surface area (Å²) in [6, 6.07) is 11.9. The van der Waals surface area contributed by atoms with Gasteiger partial charge in [-0.2, -0.15) is 5.26 Å². The SMILES string of the molecule is N#CCN(Cc1ccccc1)C(=O)C1CCOCC1. The van der Waals surface area contributed by atoms with Gasteiger partial charge in [0.05, 0.1) is 6.07 Å². The maximum atomic E-state index is 12.4. The zero-order valence-electron chi connectivity index (χ0n) is 10.9. The molecule has 19 heavy (non-hydrogen) atoms. The summed E-state index contributed by atoms with van der Waals surface area (Å²) in [7, 11) is 0. The van der Waals surface area contributed by atoms with Gasteiger partial charge in [-0.05, 0) is 18.4 Å². The standard InChI is InChI=1S/C15H18N2O2/c16-8-9-17(12-13-4-2-1-3-5-13)15(18)14-6-10-19-11-7-14/h1-5,14H,6-7,9-12H2. The predicted octanol–water partition coefficient (Wildman–Crippen LogP) is 1.97. The summed E-state index contributed by atoms with van der Waals surface area (Å²) in [5, 5.41) is 8.89. The Morgan fingerprint density at radius 1 is 1.32 bits per heavy atom. The molecule has 0 atom stereocenters. The van der Waals surface area contributed by atoms with Crippen molar-refractivity contribution in [3.63, 3.8) is 0 Å². The van der Waals surface area contributed by atoms with Crippen LogP contribution in [-0.4, -0.2) is 30.6 Å². The Labute approximate surface area is 113 Å². The van der Waals surface area contributed by atoms with Gasteiger partial charge in [-0.3, -0.25) is 4.79 Å². The van der Waals surface area contributed by atoms with E-state index in [1.54, 1.807) is 4.90 Å². The Morgan fingerprint density at radius 2 is 2.00 bits per heavy atom. The molecule has 0 aliphatic carbocycles. The summed E-state index contributed by atoms with van der Waals surface area (Å²) in [5.41, 5.74) is 1.05. The van der Waals surface area contributed by atoms with Gasteiger partial charge in [-0.25, -0.2) is 0 Å². The van der Waals surface area contributed by atoms with Crippen LogP contribution in [0, 0.1) is 17.2 Å². The Kier molecular flexibility index (Phi) is 4.93. The third kappa shape index (κ3) is 3.80. The number of nitriles is 1. The van der Waals surface area contributed by atoms with Crippen LogP contribution in [-0.2, 0) is 16.1 Å². The number of carbonyl (C=O) groups excluding carboxylic acids is 1. The first-order valence-electron chi connectivity index (χ1n) is 6.58. The lowest BCUT2D eigenvalue weighted by Gasteiger charge is -2.27.